The summed E-state index contributed by atoms with van der Waals surface area (Å²) in [4.78, 5) is 17.5. The Morgan fingerprint density at radius 2 is 1.48 bits per heavy atom. The van der Waals surface area contributed by atoms with Gasteiger partial charge in [0.05, 0.1) is 8.07 Å². The fraction of sp³-hybridized carbons (Fsp3) is 0.278. The van der Waals surface area contributed by atoms with Crippen LogP contribution in [0.4, 0.5) is 0 Å². The molecule has 0 unspecified atom stereocenters. The van der Waals surface area contributed by atoms with Gasteiger partial charge in [-0.3, -0.25) is 9.97 Å². The molecular formula is C36H40IrN4Si-2. The van der Waals surface area contributed by atoms with Crippen LogP contribution in [-0.2, 0) is 25.5 Å². The summed E-state index contributed by atoms with van der Waals surface area (Å²) < 4.78 is 0. The van der Waals surface area contributed by atoms with Gasteiger partial charge in [-0.1, -0.05) is 78.0 Å². The first-order chi connectivity index (χ1) is 19.4. The van der Waals surface area contributed by atoms with Gasteiger partial charge >= 0.3 is 0 Å². The average molecular weight is 749 g/mol. The normalized spacial score (nSPS) is 11.4. The van der Waals surface area contributed by atoms with E-state index in [0.29, 0.717) is 5.92 Å². The number of aromatic nitrogens is 4. The molecule has 4 aromatic heterocycles. The molecule has 219 valence electrons. The maximum absolute atomic E-state index is 4.66. The molecule has 0 amide bonds. The standard InChI is InChI=1S/C19H18N3.C17H22NSi.Ir/c1-19(2,3)17-11-18(14-6-9-20-10-7-14)22-13-16(17)15-5-4-8-21-12-15;1-13(2)15-11-16(14-9-7-6-8-10-14)18-12-17(15)19(3,4)5;/h4-6,8-13H,1-3H3;6-9,11-13H,1-5H3;/q2*-1;. The van der Waals surface area contributed by atoms with Gasteiger partial charge in [0.15, 0.2) is 0 Å². The molecule has 6 heteroatoms. The van der Waals surface area contributed by atoms with Gasteiger partial charge in [-0.25, -0.2) is 0 Å². The van der Waals surface area contributed by atoms with E-state index in [1.165, 1.54) is 16.3 Å². The second-order valence-electron chi connectivity index (χ2n) is 12.6. The van der Waals surface area contributed by atoms with Crippen molar-refractivity contribution in [2.45, 2.75) is 65.6 Å². The molecule has 1 radical (unpaired) electrons. The molecule has 0 aliphatic carbocycles. The molecule has 4 heterocycles. The molecule has 0 saturated heterocycles. The molecule has 0 bridgehead atoms. The third-order valence-electron chi connectivity index (χ3n) is 6.93. The molecule has 0 saturated carbocycles. The van der Waals surface area contributed by atoms with E-state index in [1.807, 2.05) is 42.7 Å². The molecular weight excluding hydrogens is 709 g/mol. The Hall–Kier alpha value is -3.31. The van der Waals surface area contributed by atoms with Gasteiger partial charge in [-0.05, 0) is 51.9 Å². The molecule has 4 nitrogen and oxygen atoms in total. The monoisotopic (exact) mass is 749 g/mol. The quantitative estimate of drug-likeness (QED) is 0.134. The molecule has 5 aromatic rings. The van der Waals surface area contributed by atoms with Crippen LogP contribution in [0.15, 0.2) is 91.8 Å². The molecule has 0 atom stereocenters. The number of hydrogen-bond donors (Lipinski definition) is 0. The molecule has 0 spiro atoms. The Kier molecular flexibility index (Phi) is 11.3. The zero-order valence-electron chi connectivity index (χ0n) is 25.9. The Balaban J connectivity index is 0.000000228. The van der Waals surface area contributed by atoms with E-state index in [-0.39, 0.29) is 25.5 Å². The van der Waals surface area contributed by atoms with Crippen molar-refractivity contribution in [2.75, 3.05) is 0 Å². The Bertz CT molecular complexity index is 1560. The predicted molar refractivity (Wildman–Crippen MR) is 174 cm³/mol. The van der Waals surface area contributed by atoms with Crippen LogP contribution >= 0.6 is 0 Å². The third-order valence-corrected chi connectivity index (χ3v) is 8.97. The van der Waals surface area contributed by atoms with Crippen LogP contribution in [0.5, 0.6) is 0 Å². The summed E-state index contributed by atoms with van der Waals surface area (Å²) in [6.45, 7) is 18.3. The average Bonchev–Trinajstić information content (AvgIpc) is 2.97. The molecule has 5 rings (SSSR count). The number of pyridine rings is 4. The maximum Gasteiger partial charge on any atom is 0.0799 e. The maximum atomic E-state index is 4.66. The summed E-state index contributed by atoms with van der Waals surface area (Å²) in [6.07, 6.45) is 11.1. The van der Waals surface area contributed by atoms with Crippen molar-refractivity contribution in [3.05, 3.63) is 115 Å². The zero-order chi connectivity index (χ0) is 29.6. The first-order valence-electron chi connectivity index (χ1n) is 14.2. The first-order valence-corrected chi connectivity index (χ1v) is 17.7. The van der Waals surface area contributed by atoms with E-state index in [1.54, 1.807) is 18.6 Å². The number of benzene rings is 1. The van der Waals surface area contributed by atoms with E-state index in [0.717, 1.165) is 33.6 Å². The van der Waals surface area contributed by atoms with Crippen LogP contribution < -0.4 is 5.19 Å². The van der Waals surface area contributed by atoms with Crippen LogP contribution in [0.25, 0.3) is 33.6 Å². The van der Waals surface area contributed by atoms with Crippen molar-refractivity contribution < 1.29 is 20.1 Å². The predicted octanol–water partition coefficient (Wildman–Crippen LogP) is 8.52. The van der Waals surface area contributed by atoms with Gasteiger partial charge in [0.2, 0.25) is 0 Å². The number of nitrogens with zero attached hydrogens (tertiary/aromatic N) is 4. The number of rotatable bonds is 5. The smallest absolute Gasteiger partial charge is 0.0799 e. The van der Waals surface area contributed by atoms with E-state index >= 15 is 0 Å². The van der Waals surface area contributed by atoms with E-state index in [4.69, 9.17) is 0 Å². The Morgan fingerprint density at radius 3 is 2.05 bits per heavy atom. The molecule has 0 fully saturated rings. The molecule has 1 aromatic carbocycles. The summed E-state index contributed by atoms with van der Waals surface area (Å²) in [6, 6.07) is 24.8. The summed E-state index contributed by atoms with van der Waals surface area (Å²) in [5, 5.41) is 1.47. The van der Waals surface area contributed by atoms with Crippen molar-refractivity contribution in [3.8, 4) is 33.6 Å². The van der Waals surface area contributed by atoms with Crippen LogP contribution in [0.3, 0.4) is 0 Å². The van der Waals surface area contributed by atoms with Crippen LogP contribution in [-0.4, -0.2) is 28.0 Å². The van der Waals surface area contributed by atoms with Crippen molar-refractivity contribution in [3.63, 3.8) is 0 Å². The van der Waals surface area contributed by atoms with E-state index < -0.39 is 8.07 Å². The molecule has 0 aliphatic heterocycles. The van der Waals surface area contributed by atoms with Gasteiger partial charge in [0.25, 0.3) is 0 Å². The van der Waals surface area contributed by atoms with Crippen LogP contribution in [0.2, 0.25) is 19.6 Å². The van der Waals surface area contributed by atoms with Gasteiger partial charge < -0.3 is 9.97 Å². The second-order valence-corrected chi connectivity index (χ2v) is 17.6. The van der Waals surface area contributed by atoms with Gasteiger partial charge in [0, 0.05) is 56.0 Å². The minimum atomic E-state index is -1.34. The van der Waals surface area contributed by atoms with Gasteiger partial charge in [-0.2, -0.15) is 11.6 Å². The van der Waals surface area contributed by atoms with Crippen molar-refractivity contribution in [2.24, 2.45) is 0 Å². The van der Waals surface area contributed by atoms with E-state index in [9.17, 15) is 0 Å². The SMILES string of the molecule is CC(C)(C)c1cc(-c2[c-]cncc2)ncc1-c1cccnc1.CC(C)c1cc(-c2[c-]cccc2)ncc1[Si](C)(C)C.[Ir]. The fourth-order valence-corrected chi connectivity index (χ4v) is 6.40. The minimum absolute atomic E-state index is 0. The second kappa shape index (κ2) is 14.2. The summed E-state index contributed by atoms with van der Waals surface area (Å²) >= 11 is 0. The van der Waals surface area contributed by atoms with E-state index in [2.05, 4.69) is 117 Å². The Morgan fingerprint density at radius 1 is 0.762 bits per heavy atom. The van der Waals surface area contributed by atoms with Crippen molar-refractivity contribution in [1.82, 2.24) is 19.9 Å². The molecule has 42 heavy (non-hydrogen) atoms. The van der Waals surface area contributed by atoms with Gasteiger partial charge in [0.1, 0.15) is 0 Å². The van der Waals surface area contributed by atoms with Crippen molar-refractivity contribution in [1.29, 1.82) is 0 Å². The molecule has 0 aliphatic rings. The zero-order valence-corrected chi connectivity index (χ0v) is 29.3. The largest absolute Gasteiger partial charge is 0.320 e. The first kappa shape index (κ1) is 33.2. The summed E-state index contributed by atoms with van der Waals surface area (Å²) in [5.74, 6) is 0.534. The summed E-state index contributed by atoms with van der Waals surface area (Å²) in [5.41, 5.74) is 8.90. The number of hydrogen-bond acceptors (Lipinski definition) is 4. The molecule has 0 N–H and O–H groups in total. The topological polar surface area (TPSA) is 51.6 Å². The van der Waals surface area contributed by atoms with Gasteiger partial charge in [-0.15, -0.1) is 42.0 Å². The van der Waals surface area contributed by atoms with Crippen molar-refractivity contribution >= 4 is 13.3 Å². The Labute approximate surface area is 266 Å². The minimum Gasteiger partial charge on any atom is -0.320 e. The summed E-state index contributed by atoms with van der Waals surface area (Å²) in [7, 11) is -1.34. The van der Waals surface area contributed by atoms with Crippen LogP contribution in [0.1, 0.15) is 51.7 Å². The fourth-order valence-electron chi connectivity index (χ4n) is 4.73. The third kappa shape index (κ3) is 8.38. The van der Waals surface area contributed by atoms with Crippen LogP contribution in [0, 0.1) is 12.1 Å².